The summed E-state index contributed by atoms with van der Waals surface area (Å²) >= 11 is 0. The van der Waals surface area contributed by atoms with Crippen LogP contribution in [0.25, 0.3) is 0 Å². The maximum atomic E-state index is 14.0. The van der Waals surface area contributed by atoms with E-state index in [1.807, 2.05) is 39.8 Å². The van der Waals surface area contributed by atoms with E-state index in [0.717, 1.165) is 87.5 Å². The molecule has 2 fully saturated rings. The highest BCUT2D eigenvalue weighted by atomic mass is 32.2. The molecule has 0 atom stereocenters. The molecule has 12 heteroatoms. The zero-order valence-electron chi connectivity index (χ0n) is 27.9. The van der Waals surface area contributed by atoms with Crippen molar-refractivity contribution < 1.29 is 16.8 Å². The van der Waals surface area contributed by atoms with E-state index < -0.39 is 40.3 Å². The molecule has 0 bridgehead atoms. The predicted octanol–water partition coefficient (Wildman–Crippen LogP) is 6.18. The van der Waals surface area contributed by atoms with Gasteiger partial charge in [0.1, 0.15) is 24.3 Å². The Morgan fingerprint density at radius 2 is 0.896 bits per heavy atom. The van der Waals surface area contributed by atoms with Gasteiger partial charge in [0.15, 0.2) is 9.81 Å². The number of allylic oxidation sites excluding steroid dienone is 8. The first-order chi connectivity index (χ1) is 22.6. The van der Waals surface area contributed by atoms with Crippen LogP contribution in [0, 0.1) is 56.2 Å². The van der Waals surface area contributed by atoms with Gasteiger partial charge in [-0.05, 0) is 86.5 Å². The summed E-state index contributed by atoms with van der Waals surface area (Å²) in [6.45, 7) is 11.0. The average Bonchev–Trinajstić information content (AvgIpc) is 3.76. The number of nitriles is 4. The van der Waals surface area contributed by atoms with Crippen molar-refractivity contribution in [3.63, 3.8) is 0 Å². The van der Waals surface area contributed by atoms with Crippen LogP contribution in [0.4, 0.5) is 0 Å². The monoisotopic (exact) mass is 684 g/mol. The maximum absolute atomic E-state index is 14.0. The van der Waals surface area contributed by atoms with E-state index >= 15 is 0 Å². The van der Waals surface area contributed by atoms with Crippen molar-refractivity contribution in [3.8, 4) is 24.3 Å². The molecule has 4 aliphatic rings. The molecule has 48 heavy (non-hydrogen) atoms. The molecule has 2 heterocycles. The summed E-state index contributed by atoms with van der Waals surface area (Å²) in [6.07, 6.45) is 5.47. The lowest BCUT2D eigenvalue weighted by Crippen LogP contribution is -2.30. The van der Waals surface area contributed by atoms with E-state index in [1.165, 1.54) is 0 Å². The van der Waals surface area contributed by atoms with E-state index in [0.29, 0.717) is 12.8 Å². The first kappa shape index (κ1) is 35.0. The molecule has 250 valence electrons. The average molecular weight is 685 g/mol. The first-order valence-corrected chi connectivity index (χ1v) is 19.2. The largest absolute Gasteiger partial charge is 0.374 e. The van der Waals surface area contributed by atoms with Crippen LogP contribution in [-0.4, -0.2) is 52.8 Å². The van der Waals surface area contributed by atoms with Crippen LogP contribution in [-0.2, 0) is 19.7 Å². The van der Waals surface area contributed by atoms with Gasteiger partial charge in [0.2, 0.25) is 19.7 Å². The van der Waals surface area contributed by atoms with Crippen molar-refractivity contribution in [1.82, 2.24) is 9.80 Å². The van der Waals surface area contributed by atoms with Crippen LogP contribution in [0.3, 0.4) is 0 Å². The van der Waals surface area contributed by atoms with Gasteiger partial charge in [0, 0.05) is 48.7 Å². The van der Waals surface area contributed by atoms with E-state index in [9.17, 15) is 37.9 Å². The van der Waals surface area contributed by atoms with Crippen molar-refractivity contribution in [2.24, 2.45) is 10.8 Å². The summed E-state index contributed by atoms with van der Waals surface area (Å²) < 4.78 is 56.0. The zero-order chi connectivity index (χ0) is 35.1. The minimum Gasteiger partial charge on any atom is -0.374 e. The van der Waals surface area contributed by atoms with E-state index in [4.69, 9.17) is 0 Å². The van der Waals surface area contributed by atoms with Gasteiger partial charge in [-0.25, -0.2) is 16.8 Å². The Labute approximate surface area is 284 Å². The Hall–Kier alpha value is -4.36. The third-order valence-electron chi connectivity index (χ3n) is 9.72. The van der Waals surface area contributed by atoms with Gasteiger partial charge < -0.3 is 9.80 Å². The van der Waals surface area contributed by atoms with Gasteiger partial charge in [0.25, 0.3) is 0 Å². The van der Waals surface area contributed by atoms with Gasteiger partial charge in [-0.15, -0.1) is 0 Å². The zero-order valence-corrected chi connectivity index (χ0v) is 29.6. The molecule has 0 spiro atoms. The summed E-state index contributed by atoms with van der Waals surface area (Å²) in [5, 5.41) is 40.9. The molecule has 0 N–H and O–H groups in total. The van der Waals surface area contributed by atoms with Crippen LogP contribution in [0.1, 0.15) is 79.1 Å². The lowest BCUT2D eigenvalue weighted by atomic mass is 9.73. The normalized spacial score (nSPS) is 23.2. The predicted molar refractivity (Wildman–Crippen MR) is 179 cm³/mol. The molecule has 2 saturated heterocycles. The summed E-state index contributed by atoms with van der Waals surface area (Å²) in [4.78, 5) is 2.57. The van der Waals surface area contributed by atoms with Crippen molar-refractivity contribution in [2.75, 3.05) is 26.2 Å². The summed E-state index contributed by atoms with van der Waals surface area (Å²) in [5.74, 6) is 0. The number of nitrogens with zero attached hydrogens (tertiary/aromatic N) is 6. The summed E-state index contributed by atoms with van der Waals surface area (Å²) in [6, 6.07) is 12.6. The number of benzene rings is 1. The molecule has 0 aromatic heterocycles. The second kappa shape index (κ2) is 12.9. The molecule has 1 aromatic carbocycles. The summed E-state index contributed by atoms with van der Waals surface area (Å²) in [7, 11) is -8.91. The minimum atomic E-state index is -4.46. The third-order valence-corrected chi connectivity index (χ3v) is 13.3. The van der Waals surface area contributed by atoms with Gasteiger partial charge in [-0.1, -0.05) is 27.7 Å². The van der Waals surface area contributed by atoms with E-state index in [-0.39, 0.29) is 44.9 Å². The fraction of sp³-hybridized carbons (Fsp3) is 0.500. The molecular weight excluding hydrogens is 645 g/mol. The second-order valence-electron chi connectivity index (χ2n) is 14.6. The van der Waals surface area contributed by atoms with Crippen LogP contribution in [0.5, 0.6) is 0 Å². The van der Waals surface area contributed by atoms with Crippen LogP contribution in [0.2, 0.25) is 0 Å². The van der Waals surface area contributed by atoms with Gasteiger partial charge in [-0.2, -0.15) is 21.0 Å². The molecule has 0 radical (unpaired) electrons. The molecule has 2 aliphatic heterocycles. The van der Waals surface area contributed by atoms with Gasteiger partial charge >= 0.3 is 0 Å². The van der Waals surface area contributed by atoms with Crippen LogP contribution >= 0.6 is 0 Å². The number of sulfone groups is 2. The number of rotatable bonds is 6. The van der Waals surface area contributed by atoms with Crippen molar-refractivity contribution in [2.45, 2.75) is 88.9 Å². The molecule has 2 aliphatic carbocycles. The Bertz CT molecular complexity index is 1900. The number of likely N-dealkylation sites (tertiary alicyclic amines) is 2. The molecule has 0 unspecified atom stereocenters. The topological polar surface area (TPSA) is 170 Å². The Morgan fingerprint density at radius 1 is 0.583 bits per heavy atom. The second-order valence-corrected chi connectivity index (χ2v) is 18.4. The first-order valence-electron chi connectivity index (χ1n) is 16.2. The third kappa shape index (κ3) is 6.40. The number of hydrogen-bond acceptors (Lipinski definition) is 10. The fourth-order valence-electron chi connectivity index (χ4n) is 7.47. The Morgan fingerprint density at radius 3 is 1.17 bits per heavy atom. The van der Waals surface area contributed by atoms with Crippen LogP contribution < -0.4 is 0 Å². The maximum Gasteiger partial charge on any atom is 0.216 e. The molecule has 0 saturated carbocycles. The molecular formula is C36H40N6O4S2. The lowest BCUT2D eigenvalue weighted by Gasteiger charge is -2.37. The standard InChI is InChI=1S/C36H40N6O4S2/c1-35(2)17-27(29(21-37)31(19-35)41-13-5-6-14-41)33(23-39)47(43,44)25-9-11-26(12-10-25)48(45,46)34(24-40)28-18-36(3,4)20-32(30(28)22-38)42-15-7-8-16-42/h9-12H,5-8,13-20H2,1-4H3/b33-27+,34-28+. The lowest BCUT2D eigenvalue weighted by molar-refractivity contribution is 0.287. The molecule has 10 nitrogen and oxygen atoms in total. The SMILES string of the molecule is CC1(C)CC(N2CCCC2)=C(C#N)/C(=C(\C#N)S(=O)(=O)c2ccc(S(=O)(=O)/C(C#N)=C3\CC(C)(C)CC(N4CCCC4)=C3C#N)cc2)C1. The smallest absolute Gasteiger partial charge is 0.216 e. The van der Waals surface area contributed by atoms with Crippen molar-refractivity contribution >= 4 is 19.7 Å². The quantitative estimate of drug-likeness (QED) is 0.316. The number of hydrogen-bond donors (Lipinski definition) is 0. The minimum absolute atomic E-state index is 0.177. The Balaban J connectivity index is 1.59. The van der Waals surface area contributed by atoms with Crippen molar-refractivity contribution in [1.29, 1.82) is 21.0 Å². The highest BCUT2D eigenvalue weighted by Gasteiger charge is 2.40. The Kier molecular flexibility index (Phi) is 9.41. The molecule has 5 rings (SSSR count). The van der Waals surface area contributed by atoms with Crippen LogP contribution in [0.15, 0.2) is 77.6 Å². The fourth-order valence-corrected chi connectivity index (χ4v) is 10.2. The van der Waals surface area contributed by atoms with E-state index in [1.54, 1.807) is 0 Å². The van der Waals surface area contributed by atoms with Gasteiger partial charge in [0.05, 0.1) is 20.9 Å². The molecule has 0 amide bonds. The summed E-state index contributed by atoms with van der Waals surface area (Å²) in [5.41, 5.74) is 1.50. The van der Waals surface area contributed by atoms with Gasteiger partial charge in [-0.3, -0.25) is 0 Å². The molecule has 1 aromatic rings. The highest BCUT2D eigenvalue weighted by molar-refractivity contribution is 7.96. The highest BCUT2D eigenvalue weighted by Crippen LogP contribution is 2.47. The van der Waals surface area contributed by atoms with Crippen molar-refractivity contribution in [3.05, 3.63) is 67.8 Å². The van der Waals surface area contributed by atoms with E-state index in [2.05, 4.69) is 21.9 Å².